The number of fused-ring (bicyclic) bond motifs is 3. The summed E-state index contributed by atoms with van der Waals surface area (Å²) in [5, 5.41) is 12.7. The average molecular weight is 304 g/mol. The van der Waals surface area contributed by atoms with Crippen LogP contribution in [0.15, 0.2) is 24.3 Å². The number of nitrogens with zero attached hydrogens (tertiary/aromatic N) is 1. The zero-order valence-electron chi connectivity index (χ0n) is 11.6. The van der Waals surface area contributed by atoms with Crippen molar-refractivity contribution >= 4 is 33.8 Å². The van der Waals surface area contributed by atoms with E-state index in [4.69, 9.17) is 11.6 Å². The van der Waals surface area contributed by atoms with Crippen LogP contribution in [0, 0.1) is 10.1 Å². The van der Waals surface area contributed by atoms with Crippen LogP contribution < -0.4 is 0 Å². The van der Waals surface area contributed by atoms with E-state index in [0.717, 1.165) is 29.4 Å². The normalized spacial score (nSPS) is 17.0. The highest BCUT2D eigenvalue weighted by atomic mass is 35.5. The molecular formula is C16H14ClNO3. The number of nitro groups is 1. The first-order valence-corrected chi connectivity index (χ1v) is 7.37. The number of aryl methyl sites for hydroxylation is 1. The van der Waals surface area contributed by atoms with Gasteiger partial charge in [-0.15, -0.1) is 11.6 Å². The van der Waals surface area contributed by atoms with Crippen LogP contribution in [0.1, 0.15) is 40.7 Å². The number of carbonyl (C=O) groups is 1. The van der Waals surface area contributed by atoms with Crippen LogP contribution in [-0.4, -0.2) is 16.6 Å². The van der Waals surface area contributed by atoms with Crippen molar-refractivity contribution in [3.8, 4) is 0 Å². The third kappa shape index (κ3) is 2.20. The predicted octanol–water partition coefficient (Wildman–Crippen LogP) is 4.22. The minimum absolute atomic E-state index is 0.0439. The van der Waals surface area contributed by atoms with Crippen molar-refractivity contribution in [3.05, 3.63) is 51.1 Å². The quantitative estimate of drug-likeness (QED) is 0.369. The molecule has 0 saturated carbocycles. The number of rotatable bonds is 3. The van der Waals surface area contributed by atoms with E-state index >= 15 is 0 Å². The topological polar surface area (TPSA) is 60.2 Å². The van der Waals surface area contributed by atoms with Gasteiger partial charge in [-0.05, 0) is 54.3 Å². The van der Waals surface area contributed by atoms with E-state index in [1.165, 1.54) is 6.92 Å². The van der Waals surface area contributed by atoms with Crippen LogP contribution in [0.25, 0.3) is 10.8 Å². The van der Waals surface area contributed by atoms with Crippen molar-refractivity contribution in [2.45, 2.75) is 25.7 Å². The molecule has 4 nitrogen and oxygen atoms in total. The number of non-ortho nitro benzene ring substituents is 1. The Hall–Kier alpha value is -1.94. The van der Waals surface area contributed by atoms with Crippen LogP contribution in [0.2, 0.25) is 0 Å². The highest BCUT2D eigenvalue weighted by Crippen LogP contribution is 2.42. The lowest BCUT2D eigenvalue weighted by atomic mass is 9.93. The van der Waals surface area contributed by atoms with Gasteiger partial charge in [0.1, 0.15) is 0 Å². The van der Waals surface area contributed by atoms with E-state index in [1.807, 2.05) is 0 Å². The molecule has 0 saturated heterocycles. The zero-order valence-corrected chi connectivity index (χ0v) is 12.3. The van der Waals surface area contributed by atoms with E-state index < -0.39 is 0 Å². The third-order valence-electron chi connectivity index (χ3n) is 4.20. The number of benzene rings is 2. The maximum atomic E-state index is 11.6. The molecule has 0 aromatic heterocycles. The number of hydrogen-bond acceptors (Lipinski definition) is 3. The number of ketones is 1. The monoisotopic (exact) mass is 303 g/mol. The smallest absolute Gasteiger partial charge is 0.277 e. The Bertz CT molecular complexity index is 770. The number of halogens is 1. The summed E-state index contributed by atoms with van der Waals surface area (Å²) in [6, 6.07) is 6.76. The maximum Gasteiger partial charge on any atom is 0.277 e. The molecule has 0 heterocycles. The SMILES string of the molecule is CC(=O)c1ccc2c([N+](=O)[O-])cc3c(c2c1)C(CCl)CC3. The molecule has 0 radical (unpaired) electrons. The number of hydrogen-bond donors (Lipinski definition) is 0. The van der Waals surface area contributed by atoms with Crippen molar-refractivity contribution in [2.75, 3.05) is 5.88 Å². The van der Waals surface area contributed by atoms with Gasteiger partial charge in [0, 0.05) is 17.5 Å². The summed E-state index contributed by atoms with van der Waals surface area (Å²) < 4.78 is 0. The van der Waals surface area contributed by atoms with Crippen molar-refractivity contribution in [3.63, 3.8) is 0 Å². The molecule has 1 aliphatic rings. The van der Waals surface area contributed by atoms with E-state index in [2.05, 4.69) is 0 Å². The first-order chi connectivity index (χ1) is 10.0. The molecule has 108 valence electrons. The Morgan fingerprint density at radius 3 is 2.76 bits per heavy atom. The molecule has 2 aromatic carbocycles. The highest BCUT2D eigenvalue weighted by molar-refractivity contribution is 6.18. The third-order valence-corrected chi connectivity index (χ3v) is 4.57. The van der Waals surface area contributed by atoms with Crippen molar-refractivity contribution in [1.82, 2.24) is 0 Å². The first kappa shape index (κ1) is 14.0. The fraction of sp³-hybridized carbons (Fsp3) is 0.312. The molecule has 0 N–H and O–H groups in total. The van der Waals surface area contributed by atoms with Gasteiger partial charge < -0.3 is 0 Å². The molecule has 3 rings (SSSR count). The summed E-state index contributed by atoms with van der Waals surface area (Å²) in [5.74, 6) is 0.647. The molecule has 0 aliphatic heterocycles. The summed E-state index contributed by atoms with van der Waals surface area (Å²) in [6.45, 7) is 1.50. The van der Waals surface area contributed by atoms with Gasteiger partial charge in [0.25, 0.3) is 5.69 Å². The minimum Gasteiger partial charge on any atom is -0.295 e. The number of carbonyl (C=O) groups excluding carboxylic acids is 1. The Labute approximate surface area is 126 Å². The molecular weight excluding hydrogens is 290 g/mol. The van der Waals surface area contributed by atoms with Gasteiger partial charge in [0.2, 0.25) is 0 Å². The van der Waals surface area contributed by atoms with Crippen molar-refractivity contribution < 1.29 is 9.72 Å². The van der Waals surface area contributed by atoms with E-state index in [1.54, 1.807) is 24.3 Å². The molecule has 0 bridgehead atoms. The van der Waals surface area contributed by atoms with Crippen LogP contribution >= 0.6 is 11.6 Å². The van der Waals surface area contributed by atoms with Crippen molar-refractivity contribution in [1.29, 1.82) is 0 Å². The number of nitro benzene ring substituents is 1. The lowest BCUT2D eigenvalue weighted by molar-refractivity contribution is -0.383. The van der Waals surface area contributed by atoms with Gasteiger partial charge in [-0.1, -0.05) is 6.07 Å². The highest BCUT2D eigenvalue weighted by Gasteiger charge is 2.28. The van der Waals surface area contributed by atoms with Crippen LogP contribution in [0.3, 0.4) is 0 Å². The Balaban J connectivity index is 2.39. The second kappa shape index (κ2) is 5.11. The summed E-state index contributed by atoms with van der Waals surface area (Å²) >= 11 is 6.04. The summed E-state index contributed by atoms with van der Waals surface area (Å²) in [5.41, 5.74) is 2.74. The average Bonchev–Trinajstić information content (AvgIpc) is 2.88. The molecule has 1 aliphatic carbocycles. The number of alkyl halides is 1. The predicted molar refractivity (Wildman–Crippen MR) is 82.4 cm³/mol. The second-order valence-corrected chi connectivity index (χ2v) is 5.74. The van der Waals surface area contributed by atoms with Crippen LogP contribution in [0.4, 0.5) is 5.69 Å². The molecule has 5 heteroatoms. The summed E-state index contributed by atoms with van der Waals surface area (Å²) in [7, 11) is 0. The lowest BCUT2D eigenvalue weighted by Gasteiger charge is -2.12. The van der Waals surface area contributed by atoms with Gasteiger partial charge in [-0.2, -0.15) is 0 Å². The fourth-order valence-electron chi connectivity index (χ4n) is 3.17. The van der Waals surface area contributed by atoms with Gasteiger partial charge in [-0.3, -0.25) is 14.9 Å². The molecule has 21 heavy (non-hydrogen) atoms. The van der Waals surface area contributed by atoms with E-state index in [9.17, 15) is 14.9 Å². The fourth-order valence-corrected chi connectivity index (χ4v) is 3.48. The summed E-state index contributed by atoms with van der Waals surface area (Å²) in [4.78, 5) is 22.5. The first-order valence-electron chi connectivity index (χ1n) is 6.83. The van der Waals surface area contributed by atoms with Gasteiger partial charge in [0.15, 0.2) is 5.78 Å². The van der Waals surface area contributed by atoms with Gasteiger partial charge >= 0.3 is 0 Å². The van der Waals surface area contributed by atoms with E-state index in [0.29, 0.717) is 16.8 Å². The second-order valence-electron chi connectivity index (χ2n) is 5.43. The Kier molecular flexibility index (Phi) is 3.41. The molecule has 0 fully saturated rings. The molecule has 1 unspecified atom stereocenters. The standard InChI is InChI=1S/C16H14ClNO3/c1-9(19)10-4-5-13-14(6-10)16-11(2-3-12(16)8-17)7-15(13)18(20)21/h4-7,12H,2-3,8H2,1H3. The minimum atomic E-state index is -0.357. The molecule has 0 amide bonds. The zero-order chi connectivity index (χ0) is 15.1. The van der Waals surface area contributed by atoms with Gasteiger partial charge in [-0.25, -0.2) is 0 Å². The molecule has 2 aromatic rings. The molecule has 0 spiro atoms. The Morgan fingerprint density at radius 2 is 2.14 bits per heavy atom. The lowest BCUT2D eigenvalue weighted by Crippen LogP contribution is -2.00. The Morgan fingerprint density at radius 1 is 1.38 bits per heavy atom. The summed E-state index contributed by atoms with van der Waals surface area (Å²) in [6.07, 6.45) is 1.70. The van der Waals surface area contributed by atoms with Crippen molar-refractivity contribution in [2.24, 2.45) is 0 Å². The van der Waals surface area contributed by atoms with Crippen LogP contribution in [-0.2, 0) is 6.42 Å². The van der Waals surface area contributed by atoms with Gasteiger partial charge in [0.05, 0.1) is 10.3 Å². The maximum absolute atomic E-state index is 11.6. The van der Waals surface area contributed by atoms with E-state index in [-0.39, 0.29) is 22.3 Å². The van der Waals surface area contributed by atoms with Crippen LogP contribution in [0.5, 0.6) is 0 Å². The molecule has 1 atom stereocenters. The largest absolute Gasteiger partial charge is 0.295 e. The number of Topliss-reactive ketones (excluding diaryl/α,β-unsaturated/α-hetero) is 1.